The first-order valence-corrected chi connectivity index (χ1v) is 8.54. The molecule has 21 heavy (non-hydrogen) atoms. The van der Waals surface area contributed by atoms with E-state index in [1.807, 2.05) is 27.7 Å². The third kappa shape index (κ3) is 2.85. The second-order valence-electron chi connectivity index (χ2n) is 6.14. The van der Waals surface area contributed by atoms with Gasteiger partial charge in [-0.1, -0.05) is 13.8 Å². The second-order valence-corrected chi connectivity index (χ2v) is 8.08. The Balaban J connectivity index is 2.42. The van der Waals surface area contributed by atoms with Crippen LogP contribution in [-0.4, -0.2) is 41.5 Å². The molecule has 2 atom stereocenters. The number of aromatic nitrogens is 1. The lowest BCUT2D eigenvalue weighted by molar-refractivity contribution is 0.0683. The van der Waals surface area contributed by atoms with Crippen molar-refractivity contribution >= 4 is 16.0 Å². The highest BCUT2D eigenvalue weighted by atomic mass is 32.2. The molecule has 1 aliphatic heterocycles. The molecular weight excluding hydrogens is 292 g/mol. The molecule has 6 nitrogen and oxygen atoms in total. The number of hydrogen-bond acceptors (Lipinski definition) is 3. The number of sulfonamides is 1. The standard InChI is InChI=1S/C14H22N2O4S/c1-9(2)16-8-12(5-13(16)14(17)18)21(19,20)15-6-10(3)11(4)7-15/h5,8-11H,6-7H2,1-4H3,(H,17,18). The zero-order valence-electron chi connectivity index (χ0n) is 12.8. The molecule has 1 aromatic rings. The molecule has 0 aliphatic carbocycles. The summed E-state index contributed by atoms with van der Waals surface area (Å²) in [5.74, 6) is -0.495. The Morgan fingerprint density at radius 2 is 1.81 bits per heavy atom. The van der Waals surface area contributed by atoms with E-state index >= 15 is 0 Å². The lowest BCUT2D eigenvalue weighted by atomic mass is 10.0. The van der Waals surface area contributed by atoms with Gasteiger partial charge in [0, 0.05) is 25.3 Å². The maximum atomic E-state index is 12.7. The van der Waals surface area contributed by atoms with Crippen LogP contribution in [0.5, 0.6) is 0 Å². The van der Waals surface area contributed by atoms with Crippen LogP contribution in [0.15, 0.2) is 17.2 Å². The van der Waals surface area contributed by atoms with Crippen LogP contribution in [0.1, 0.15) is 44.2 Å². The minimum absolute atomic E-state index is 0.00358. The summed E-state index contributed by atoms with van der Waals surface area (Å²) in [5.41, 5.74) is 0.00358. The van der Waals surface area contributed by atoms with Crippen molar-refractivity contribution in [3.63, 3.8) is 0 Å². The summed E-state index contributed by atoms with van der Waals surface area (Å²) >= 11 is 0. The summed E-state index contributed by atoms with van der Waals surface area (Å²) in [5, 5.41) is 9.21. The Labute approximate surface area is 125 Å². The lowest BCUT2D eigenvalue weighted by Gasteiger charge is -2.15. The van der Waals surface area contributed by atoms with E-state index in [9.17, 15) is 18.3 Å². The summed E-state index contributed by atoms with van der Waals surface area (Å²) in [6.45, 7) is 8.67. The summed E-state index contributed by atoms with van der Waals surface area (Å²) < 4.78 is 28.2. The number of carboxylic acids is 1. The average Bonchev–Trinajstić information content (AvgIpc) is 2.95. The zero-order chi connectivity index (χ0) is 15.9. The van der Waals surface area contributed by atoms with E-state index in [2.05, 4.69) is 0 Å². The minimum atomic E-state index is -3.62. The summed E-state index contributed by atoms with van der Waals surface area (Å²) in [4.78, 5) is 11.3. The number of aromatic carboxylic acids is 1. The van der Waals surface area contributed by atoms with Gasteiger partial charge in [-0.2, -0.15) is 4.31 Å². The monoisotopic (exact) mass is 314 g/mol. The molecule has 1 aliphatic rings. The molecule has 1 aromatic heterocycles. The molecule has 118 valence electrons. The van der Waals surface area contributed by atoms with Crippen molar-refractivity contribution in [3.8, 4) is 0 Å². The highest BCUT2D eigenvalue weighted by Crippen LogP contribution is 2.29. The molecule has 1 fully saturated rings. The van der Waals surface area contributed by atoms with Gasteiger partial charge in [-0.05, 0) is 31.7 Å². The van der Waals surface area contributed by atoms with E-state index in [0.717, 1.165) is 0 Å². The van der Waals surface area contributed by atoms with Crippen molar-refractivity contribution in [2.75, 3.05) is 13.1 Å². The maximum absolute atomic E-state index is 12.7. The Hall–Kier alpha value is -1.34. The highest BCUT2D eigenvalue weighted by molar-refractivity contribution is 7.89. The van der Waals surface area contributed by atoms with Crippen LogP contribution in [0.25, 0.3) is 0 Å². The Bertz CT molecular complexity index is 638. The molecule has 2 heterocycles. The molecule has 2 unspecified atom stereocenters. The third-order valence-corrected chi connectivity index (χ3v) is 5.99. The fraction of sp³-hybridized carbons (Fsp3) is 0.643. The predicted octanol–water partition coefficient (Wildman–Crippen LogP) is 2.04. The Morgan fingerprint density at radius 3 is 2.19 bits per heavy atom. The van der Waals surface area contributed by atoms with Gasteiger partial charge >= 0.3 is 5.97 Å². The first-order chi connectivity index (χ1) is 9.64. The largest absolute Gasteiger partial charge is 0.477 e. The first kappa shape index (κ1) is 16.0. The lowest BCUT2D eigenvalue weighted by Crippen LogP contribution is -2.28. The van der Waals surface area contributed by atoms with Crippen LogP contribution in [0.3, 0.4) is 0 Å². The van der Waals surface area contributed by atoms with Gasteiger partial charge < -0.3 is 9.67 Å². The van der Waals surface area contributed by atoms with Gasteiger partial charge in [0.15, 0.2) is 0 Å². The van der Waals surface area contributed by atoms with Crippen LogP contribution in [-0.2, 0) is 10.0 Å². The topological polar surface area (TPSA) is 79.6 Å². The van der Waals surface area contributed by atoms with E-state index < -0.39 is 16.0 Å². The van der Waals surface area contributed by atoms with Gasteiger partial charge in [-0.25, -0.2) is 13.2 Å². The van der Waals surface area contributed by atoms with Crippen molar-refractivity contribution in [3.05, 3.63) is 18.0 Å². The normalized spacial score (nSPS) is 23.9. The number of hydrogen-bond donors (Lipinski definition) is 1. The Morgan fingerprint density at radius 1 is 1.29 bits per heavy atom. The highest BCUT2D eigenvalue weighted by Gasteiger charge is 2.36. The maximum Gasteiger partial charge on any atom is 0.352 e. The van der Waals surface area contributed by atoms with Crippen LogP contribution in [0.4, 0.5) is 0 Å². The smallest absolute Gasteiger partial charge is 0.352 e. The molecule has 0 spiro atoms. The molecule has 0 bridgehead atoms. The zero-order valence-corrected chi connectivity index (χ0v) is 13.6. The summed E-state index contributed by atoms with van der Waals surface area (Å²) in [6.07, 6.45) is 1.43. The summed E-state index contributed by atoms with van der Waals surface area (Å²) in [6, 6.07) is 1.14. The van der Waals surface area contributed by atoms with Crippen molar-refractivity contribution in [1.82, 2.24) is 8.87 Å². The van der Waals surface area contributed by atoms with E-state index in [4.69, 9.17) is 0 Å². The van der Waals surface area contributed by atoms with Crippen LogP contribution < -0.4 is 0 Å². The SMILES string of the molecule is CC1CN(S(=O)(=O)c2cc(C(=O)O)n(C(C)C)c2)CC1C. The molecule has 7 heteroatoms. The van der Waals surface area contributed by atoms with E-state index in [0.29, 0.717) is 24.9 Å². The summed E-state index contributed by atoms with van der Waals surface area (Å²) in [7, 11) is -3.62. The molecule has 1 N–H and O–H groups in total. The number of carbonyl (C=O) groups is 1. The Kier molecular flexibility index (Phi) is 4.17. The number of rotatable bonds is 4. The van der Waals surface area contributed by atoms with Crippen molar-refractivity contribution < 1.29 is 18.3 Å². The average molecular weight is 314 g/mol. The third-order valence-electron chi connectivity index (χ3n) is 4.19. The first-order valence-electron chi connectivity index (χ1n) is 7.10. The van der Waals surface area contributed by atoms with Crippen molar-refractivity contribution in [2.24, 2.45) is 11.8 Å². The quantitative estimate of drug-likeness (QED) is 0.922. The number of nitrogens with zero attached hydrogens (tertiary/aromatic N) is 2. The molecule has 0 amide bonds. The molecule has 2 rings (SSSR count). The van der Waals surface area contributed by atoms with E-state index in [1.54, 1.807) is 0 Å². The molecule has 0 aromatic carbocycles. The minimum Gasteiger partial charge on any atom is -0.477 e. The van der Waals surface area contributed by atoms with E-state index in [-0.39, 0.29) is 16.6 Å². The molecular formula is C14H22N2O4S. The fourth-order valence-electron chi connectivity index (χ4n) is 2.62. The van der Waals surface area contributed by atoms with Gasteiger partial charge in [-0.15, -0.1) is 0 Å². The van der Waals surface area contributed by atoms with Crippen LogP contribution in [0.2, 0.25) is 0 Å². The molecule has 0 saturated carbocycles. The second kappa shape index (κ2) is 5.46. The van der Waals surface area contributed by atoms with Crippen LogP contribution >= 0.6 is 0 Å². The number of carboxylic acid groups (broad SMARTS) is 1. The van der Waals surface area contributed by atoms with Gasteiger partial charge in [0.25, 0.3) is 0 Å². The van der Waals surface area contributed by atoms with E-state index in [1.165, 1.54) is 21.1 Å². The van der Waals surface area contributed by atoms with Gasteiger partial charge in [0.1, 0.15) is 10.6 Å². The van der Waals surface area contributed by atoms with Gasteiger partial charge in [0.2, 0.25) is 10.0 Å². The predicted molar refractivity (Wildman–Crippen MR) is 78.9 cm³/mol. The fourth-order valence-corrected chi connectivity index (χ4v) is 4.28. The van der Waals surface area contributed by atoms with Crippen LogP contribution in [0, 0.1) is 11.8 Å². The van der Waals surface area contributed by atoms with Crippen molar-refractivity contribution in [1.29, 1.82) is 0 Å². The van der Waals surface area contributed by atoms with Gasteiger partial charge in [-0.3, -0.25) is 0 Å². The molecule has 0 radical (unpaired) electrons. The van der Waals surface area contributed by atoms with Gasteiger partial charge in [0.05, 0.1) is 0 Å². The van der Waals surface area contributed by atoms with Crippen molar-refractivity contribution in [2.45, 2.75) is 38.6 Å². The molecule has 1 saturated heterocycles.